The molecule has 2 aromatic heterocycles. The van der Waals surface area contributed by atoms with E-state index in [0.717, 1.165) is 11.1 Å². The number of aliphatic hydroxyl groups is 1. The van der Waals surface area contributed by atoms with Gasteiger partial charge in [-0.15, -0.1) is 0 Å². The molecule has 3 N–H and O–H groups in total. The number of ether oxygens (including phenoxy) is 2. The number of nitrogens with two attached hydrogens (primary N) is 1. The van der Waals surface area contributed by atoms with E-state index in [1.807, 2.05) is 23.1 Å². The van der Waals surface area contributed by atoms with Crippen LogP contribution in [0.15, 0.2) is 73.1 Å². The zero-order valence-corrected chi connectivity index (χ0v) is 24.2. The van der Waals surface area contributed by atoms with Gasteiger partial charge in [-0.2, -0.15) is 0 Å². The first-order valence-corrected chi connectivity index (χ1v) is 14.1. The fraction of sp³-hybridized carbons (Fsp3) is 0.242. The highest BCUT2D eigenvalue weighted by atomic mass is 19.1. The Hall–Kier alpha value is -4.87. The highest BCUT2D eigenvalue weighted by Crippen LogP contribution is 2.38. The van der Waals surface area contributed by atoms with Crippen LogP contribution in [0.2, 0.25) is 0 Å². The van der Waals surface area contributed by atoms with Crippen molar-refractivity contribution < 1.29 is 28.2 Å². The van der Waals surface area contributed by atoms with Crippen LogP contribution < -0.4 is 20.1 Å². The van der Waals surface area contributed by atoms with Crippen LogP contribution in [-0.2, 0) is 6.42 Å². The summed E-state index contributed by atoms with van der Waals surface area (Å²) in [5.41, 5.74) is 8.98. The molecule has 44 heavy (non-hydrogen) atoms. The van der Waals surface area contributed by atoms with Crippen molar-refractivity contribution in [2.45, 2.75) is 24.9 Å². The molecule has 11 heteroatoms. The van der Waals surface area contributed by atoms with E-state index in [0.29, 0.717) is 35.5 Å². The molecule has 0 saturated carbocycles. The molecule has 5 aromatic rings. The summed E-state index contributed by atoms with van der Waals surface area (Å²) in [4.78, 5) is 24.3. The van der Waals surface area contributed by atoms with Crippen LogP contribution in [-0.4, -0.2) is 64.9 Å². The summed E-state index contributed by atoms with van der Waals surface area (Å²) >= 11 is 0. The summed E-state index contributed by atoms with van der Waals surface area (Å²) in [6.07, 6.45) is 3.72. The van der Waals surface area contributed by atoms with Crippen LogP contribution >= 0.6 is 0 Å². The maximum Gasteiger partial charge on any atom is 0.185 e. The molecule has 2 atom stereocenters. The summed E-state index contributed by atoms with van der Waals surface area (Å²) in [5.74, 6) is -0.645. The molecular weight excluding hydrogens is 568 g/mol. The maximum absolute atomic E-state index is 15.1. The number of halogens is 2. The number of hydrogen-bond acceptors (Lipinski definition) is 8. The Bertz CT molecular complexity index is 1860. The molecule has 3 heterocycles. The molecule has 0 bridgehead atoms. The number of aromatic nitrogens is 3. The molecule has 6 rings (SSSR count). The number of rotatable bonds is 9. The quantitative estimate of drug-likeness (QED) is 0.234. The van der Waals surface area contributed by atoms with E-state index >= 15 is 4.39 Å². The predicted molar refractivity (Wildman–Crippen MR) is 163 cm³/mol. The van der Waals surface area contributed by atoms with Gasteiger partial charge in [-0.1, -0.05) is 12.1 Å². The number of nitrogens with zero attached hydrogens (tertiary/aromatic N) is 4. The number of benzene rings is 3. The van der Waals surface area contributed by atoms with Gasteiger partial charge in [0.15, 0.2) is 17.4 Å². The molecule has 0 radical (unpaired) electrons. The standard InChI is InChI=1S/C33H31F2N5O4/c1-43-22-7-9-28(25(35)16-22)39-13-11-23-27(39)8-6-19(32(23)40-17-20(36)15-21(40)18-41)14-29(42)26-10-12-37-33(38-26)31-24(34)4-3-5-30(31)44-2/h3-13,16,20-21,41H,14-15,17-18,36H2,1-2H3/t20-,21-/m0/s1. The summed E-state index contributed by atoms with van der Waals surface area (Å²) in [6, 6.07) is 15.6. The fourth-order valence-electron chi connectivity index (χ4n) is 5.94. The lowest BCUT2D eigenvalue weighted by Crippen LogP contribution is -2.34. The zero-order valence-electron chi connectivity index (χ0n) is 24.2. The van der Waals surface area contributed by atoms with Crippen LogP contribution in [0, 0.1) is 11.6 Å². The van der Waals surface area contributed by atoms with Crippen LogP contribution in [0.25, 0.3) is 28.0 Å². The van der Waals surface area contributed by atoms with Crippen LogP contribution in [0.3, 0.4) is 0 Å². The van der Waals surface area contributed by atoms with E-state index in [1.54, 1.807) is 29.0 Å². The number of Topliss-reactive ketones (excluding diaryl/α,β-unsaturated/α-hetero) is 1. The fourth-order valence-corrected chi connectivity index (χ4v) is 5.94. The van der Waals surface area contributed by atoms with Crippen molar-refractivity contribution in [3.63, 3.8) is 0 Å². The normalized spacial score (nSPS) is 16.5. The second-order valence-corrected chi connectivity index (χ2v) is 10.7. The van der Waals surface area contributed by atoms with Crippen molar-refractivity contribution in [3.05, 3.63) is 95.9 Å². The molecule has 3 aromatic carbocycles. The van der Waals surface area contributed by atoms with Crippen LogP contribution in [0.1, 0.15) is 22.5 Å². The number of anilines is 1. The third-order valence-corrected chi connectivity index (χ3v) is 8.00. The van der Waals surface area contributed by atoms with Gasteiger partial charge in [0.2, 0.25) is 0 Å². The Labute approximate surface area is 252 Å². The molecule has 1 saturated heterocycles. The van der Waals surface area contributed by atoms with E-state index in [9.17, 15) is 14.3 Å². The molecule has 1 fully saturated rings. The number of carbonyl (C=O) groups excluding carboxylic acids is 1. The largest absolute Gasteiger partial charge is 0.497 e. The molecule has 1 aliphatic heterocycles. The van der Waals surface area contributed by atoms with E-state index in [1.165, 1.54) is 44.7 Å². The third kappa shape index (κ3) is 5.24. The van der Waals surface area contributed by atoms with Crippen molar-refractivity contribution in [1.29, 1.82) is 0 Å². The maximum atomic E-state index is 15.1. The van der Waals surface area contributed by atoms with Crippen LogP contribution in [0.4, 0.5) is 14.5 Å². The van der Waals surface area contributed by atoms with Crippen molar-refractivity contribution in [2.75, 3.05) is 32.3 Å². The van der Waals surface area contributed by atoms with E-state index in [2.05, 4.69) is 9.97 Å². The molecule has 226 valence electrons. The van der Waals surface area contributed by atoms with Crippen molar-refractivity contribution in [2.24, 2.45) is 5.73 Å². The number of aliphatic hydroxyl groups excluding tert-OH is 1. The molecule has 1 aliphatic rings. The summed E-state index contributed by atoms with van der Waals surface area (Å²) in [7, 11) is 2.90. The lowest BCUT2D eigenvalue weighted by Gasteiger charge is -2.28. The Kier molecular flexibility index (Phi) is 7.98. The van der Waals surface area contributed by atoms with Gasteiger partial charge in [0.25, 0.3) is 0 Å². The Morgan fingerprint density at radius 2 is 1.91 bits per heavy atom. The molecule has 9 nitrogen and oxygen atoms in total. The molecule has 0 spiro atoms. The summed E-state index contributed by atoms with van der Waals surface area (Å²) < 4.78 is 42.1. The van der Waals surface area contributed by atoms with Gasteiger partial charge < -0.3 is 29.8 Å². The van der Waals surface area contributed by atoms with Crippen molar-refractivity contribution in [3.8, 4) is 28.6 Å². The molecule has 0 unspecified atom stereocenters. The van der Waals surface area contributed by atoms with E-state index in [-0.39, 0.29) is 53.7 Å². The van der Waals surface area contributed by atoms with Crippen molar-refractivity contribution >= 4 is 22.4 Å². The van der Waals surface area contributed by atoms with Gasteiger partial charge in [-0.25, -0.2) is 18.7 Å². The lowest BCUT2D eigenvalue weighted by atomic mass is 10.0. The number of carbonyl (C=O) groups is 1. The Balaban J connectivity index is 1.43. The summed E-state index contributed by atoms with van der Waals surface area (Å²) in [5, 5.41) is 11.0. The smallest absolute Gasteiger partial charge is 0.185 e. The first-order chi connectivity index (χ1) is 21.3. The minimum absolute atomic E-state index is 0.0333. The number of methoxy groups -OCH3 is 2. The highest BCUT2D eigenvalue weighted by molar-refractivity contribution is 6.01. The average molecular weight is 600 g/mol. The number of ketones is 1. The monoisotopic (exact) mass is 599 g/mol. The van der Waals surface area contributed by atoms with Crippen LogP contribution in [0.5, 0.6) is 11.5 Å². The van der Waals surface area contributed by atoms with Gasteiger partial charge >= 0.3 is 0 Å². The number of fused-ring (bicyclic) bond motifs is 1. The second-order valence-electron chi connectivity index (χ2n) is 10.7. The molecule has 0 amide bonds. The van der Waals surface area contributed by atoms with Gasteiger partial charge in [0, 0.05) is 42.9 Å². The SMILES string of the molecule is COc1ccc(-n2ccc3c(N4C[C@@H](N)C[C@H]4CO)c(CC(=O)c4ccnc(-c5c(F)cccc5OC)n4)ccc32)c(F)c1. The molecular formula is C33H31F2N5O4. The topological polar surface area (TPSA) is 116 Å². The van der Waals surface area contributed by atoms with Gasteiger partial charge in [-0.05, 0) is 54.4 Å². The highest BCUT2D eigenvalue weighted by Gasteiger charge is 2.33. The zero-order chi connectivity index (χ0) is 31.0. The second kappa shape index (κ2) is 12.0. The van der Waals surface area contributed by atoms with Crippen molar-refractivity contribution in [1.82, 2.24) is 14.5 Å². The Morgan fingerprint density at radius 3 is 2.66 bits per heavy atom. The minimum Gasteiger partial charge on any atom is -0.497 e. The Morgan fingerprint density at radius 1 is 1.07 bits per heavy atom. The van der Waals surface area contributed by atoms with Gasteiger partial charge in [0.05, 0.1) is 49.3 Å². The average Bonchev–Trinajstić information content (AvgIpc) is 3.63. The third-order valence-electron chi connectivity index (χ3n) is 8.00. The van der Waals surface area contributed by atoms with E-state index < -0.39 is 11.6 Å². The first-order valence-electron chi connectivity index (χ1n) is 14.1. The molecule has 0 aliphatic carbocycles. The van der Waals surface area contributed by atoms with E-state index in [4.69, 9.17) is 15.2 Å². The predicted octanol–water partition coefficient (Wildman–Crippen LogP) is 4.71. The minimum atomic E-state index is -0.570. The summed E-state index contributed by atoms with van der Waals surface area (Å²) in [6.45, 7) is 0.351. The number of hydrogen-bond donors (Lipinski definition) is 2. The lowest BCUT2D eigenvalue weighted by molar-refractivity contribution is 0.0988. The van der Waals surface area contributed by atoms with Gasteiger partial charge in [0.1, 0.15) is 23.0 Å². The van der Waals surface area contributed by atoms with Gasteiger partial charge in [-0.3, -0.25) is 4.79 Å². The first kappa shape index (κ1) is 29.2.